The van der Waals surface area contributed by atoms with E-state index in [1.807, 2.05) is 36.4 Å². The summed E-state index contributed by atoms with van der Waals surface area (Å²) < 4.78 is 0. The predicted molar refractivity (Wildman–Crippen MR) is 91.6 cm³/mol. The number of benzene rings is 2. The highest BCUT2D eigenvalue weighted by Gasteiger charge is 2.06. The number of aromatic nitrogens is 4. The molecular formula is C17H14N6. The van der Waals surface area contributed by atoms with Crippen molar-refractivity contribution in [2.45, 2.75) is 6.92 Å². The number of aromatic amines is 1. The Morgan fingerprint density at radius 3 is 2.87 bits per heavy atom. The van der Waals surface area contributed by atoms with Crippen molar-refractivity contribution < 1.29 is 0 Å². The van der Waals surface area contributed by atoms with Crippen LogP contribution in [-0.4, -0.2) is 25.8 Å². The van der Waals surface area contributed by atoms with Gasteiger partial charge in [-0.1, -0.05) is 0 Å². The number of nitrogens with zero attached hydrogens (tertiary/aromatic N) is 3. The van der Waals surface area contributed by atoms with Gasteiger partial charge in [0.05, 0.1) is 28.7 Å². The molecule has 0 saturated carbocycles. The fraction of sp³-hybridized carbons (Fsp3) is 0.0588. The van der Waals surface area contributed by atoms with E-state index in [4.69, 9.17) is 5.41 Å². The molecule has 6 heteroatoms. The number of hydrogen-bond acceptors (Lipinski definition) is 4. The molecule has 0 saturated heterocycles. The van der Waals surface area contributed by atoms with E-state index in [2.05, 4.69) is 25.3 Å². The summed E-state index contributed by atoms with van der Waals surface area (Å²) in [6.45, 7) is 1.70. The van der Waals surface area contributed by atoms with Crippen LogP contribution in [0.5, 0.6) is 0 Å². The van der Waals surface area contributed by atoms with Crippen LogP contribution in [0.25, 0.3) is 33.3 Å². The van der Waals surface area contributed by atoms with Crippen molar-refractivity contribution in [3.63, 3.8) is 0 Å². The molecule has 2 aromatic carbocycles. The van der Waals surface area contributed by atoms with Crippen LogP contribution < -0.4 is 5.32 Å². The molecule has 0 spiro atoms. The molecule has 0 bridgehead atoms. The lowest BCUT2D eigenvalue weighted by molar-refractivity contribution is 1.23. The number of H-pyrrole nitrogens is 1. The first kappa shape index (κ1) is 13.4. The van der Waals surface area contributed by atoms with Crippen LogP contribution in [0.2, 0.25) is 0 Å². The van der Waals surface area contributed by atoms with Crippen LogP contribution in [0.1, 0.15) is 6.92 Å². The lowest BCUT2D eigenvalue weighted by atomic mass is 10.1. The second-order valence-corrected chi connectivity index (χ2v) is 5.35. The Hall–Kier alpha value is -3.28. The van der Waals surface area contributed by atoms with E-state index in [1.165, 1.54) is 0 Å². The van der Waals surface area contributed by atoms with Gasteiger partial charge in [0.25, 0.3) is 0 Å². The minimum Gasteiger partial charge on any atom is -0.345 e. The number of fused-ring (bicyclic) bond motifs is 2. The summed E-state index contributed by atoms with van der Waals surface area (Å²) in [5, 5.41) is 11.4. The van der Waals surface area contributed by atoms with Crippen molar-refractivity contribution >= 4 is 33.5 Å². The second kappa shape index (κ2) is 5.17. The normalized spacial score (nSPS) is 11.0. The SMILES string of the molecule is CC(=N)Nc1ccc2nc(-c3ccc4[nH]cnc4c3)ncc2c1. The molecule has 112 valence electrons. The van der Waals surface area contributed by atoms with Crippen LogP contribution in [0.3, 0.4) is 0 Å². The van der Waals surface area contributed by atoms with Gasteiger partial charge in [0.1, 0.15) is 0 Å². The van der Waals surface area contributed by atoms with Crippen LogP contribution in [0.4, 0.5) is 5.69 Å². The van der Waals surface area contributed by atoms with Gasteiger partial charge in [0.15, 0.2) is 5.82 Å². The number of rotatable bonds is 2. The van der Waals surface area contributed by atoms with E-state index >= 15 is 0 Å². The van der Waals surface area contributed by atoms with E-state index in [0.717, 1.165) is 33.2 Å². The highest BCUT2D eigenvalue weighted by atomic mass is 14.9. The zero-order valence-electron chi connectivity index (χ0n) is 12.5. The first-order valence-corrected chi connectivity index (χ1v) is 7.21. The zero-order chi connectivity index (χ0) is 15.8. The molecular weight excluding hydrogens is 288 g/mol. The van der Waals surface area contributed by atoms with Crippen LogP contribution in [-0.2, 0) is 0 Å². The molecule has 0 aliphatic heterocycles. The lowest BCUT2D eigenvalue weighted by Gasteiger charge is -2.06. The third-order valence-corrected chi connectivity index (χ3v) is 3.59. The molecule has 6 nitrogen and oxygen atoms in total. The Kier molecular flexibility index (Phi) is 3.01. The number of anilines is 1. The minimum absolute atomic E-state index is 0.397. The largest absolute Gasteiger partial charge is 0.345 e. The molecule has 4 aromatic rings. The molecule has 23 heavy (non-hydrogen) atoms. The minimum atomic E-state index is 0.397. The number of amidine groups is 1. The molecule has 3 N–H and O–H groups in total. The Balaban J connectivity index is 1.77. The molecule has 0 atom stereocenters. The van der Waals surface area contributed by atoms with Crippen molar-refractivity contribution in [2.75, 3.05) is 5.32 Å². The van der Waals surface area contributed by atoms with Crippen molar-refractivity contribution in [1.82, 2.24) is 19.9 Å². The summed E-state index contributed by atoms with van der Waals surface area (Å²) in [6.07, 6.45) is 3.48. The van der Waals surface area contributed by atoms with E-state index in [-0.39, 0.29) is 0 Å². The van der Waals surface area contributed by atoms with Crippen molar-refractivity contribution in [1.29, 1.82) is 5.41 Å². The highest BCUT2D eigenvalue weighted by Crippen LogP contribution is 2.23. The summed E-state index contributed by atoms with van der Waals surface area (Å²) in [6, 6.07) is 11.7. The van der Waals surface area contributed by atoms with Crippen molar-refractivity contribution in [2.24, 2.45) is 0 Å². The summed E-state index contributed by atoms with van der Waals surface area (Å²) in [5.41, 5.74) is 4.55. The van der Waals surface area contributed by atoms with Gasteiger partial charge in [-0.15, -0.1) is 0 Å². The number of nitrogens with one attached hydrogen (secondary N) is 3. The molecule has 0 amide bonds. The van der Waals surface area contributed by atoms with E-state index < -0.39 is 0 Å². The average molecular weight is 302 g/mol. The lowest BCUT2D eigenvalue weighted by Crippen LogP contribution is -2.04. The predicted octanol–water partition coefficient (Wildman–Crippen LogP) is 3.58. The first-order valence-electron chi connectivity index (χ1n) is 7.21. The molecule has 0 aliphatic carbocycles. The number of hydrogen-bond donors (Lipinski definition) is 3. The van der Waals surface area contributed by atoms with Gasteiger partial charge in [-0.3, -0.25) is 5.41 Å². The van der Waals surface area contributed by atoms with E-state index in [0.29, 0.717) is 11.7 Å². The van der Waals surface area contributed by atoms with Crippen molar-refractivity contribution in [3.8, 4) is 11.4 Å². The fourth-order valence-electron chi connectivity index (χ4n) is 2.54. The molecule has 0 unspecified atom stereocenters. The summed E-state index contributed by atoms with van der Waals surface area (Å²) in [5.74, 6) is 1.07. The molecule has 0 aliphatic rings. The molecule has 2 aromatic heterocycles. The Morgan fingerprint density at radius 1 is 1.09 bits per heavy atom. The van der Waals surface area contributed by atoms with E-state index in [1.54, 1.807) is 19.4 Å². The summed E-state index contributed by atoms with van der Waals surface area (Å²) in [7, 11) is 0. The average Bonchev–Trinajstić information content (AvgIpc) is 3.01. The Morgan fingerprint density at radius 2 is 2.00 bits per heavy atom. The highest BCUT2D eigenvalue weighted by molar-refractivity contribution is 5.94. The second-order valence-electron chi connectivity index (χ2n) is 5.35. The maximum atomic E-state index is 7.49. The first-order chi connectivity index (χ1) is 11.2. The molecule has 0 fully saturated rings. The van der Waals surface area contributed by atoms with Crippen LogP contribution in [0, 0.1) is 5.41 Å². The molecule has 0 radical (unpaired) electrons. The zero-order valence-corrected chi connectivity index (χ0v) is 12.5. The Bertz CT molecular complexity index is 1030. The van der Waals surface area contributed by atoms with Gasteiger partial charge in [-0.05, 0) is 43.3 Å². The van der Waals surface area contributed by atoms with E-state index in [9.17, 15) is 0 Å². The maximum absolute atomic E-state index is 7.49. The third-order valence-electron chi connectivity index (χ3n) is 3.59. The van der Waals surface area contributed by atoms with Gasteiger partial charge in [-0.2, -0.15) is 0 Å². The molecule has 4 rings (SSSR count). The van der Waals surface area contributed by atoms with Gasteiger partial charge >= 0.3 is 0 Å². The van der Waals surface area contributed by atoms with Crippen LogP contribution in [0.15, 0.2) is 48.9 Å². The maximum Gasteiger partial charge on any atom is 0.159 e. The third kappa shape index (κ3) is 2.50. The summed E-state index contributed by atoms with van der Waals surface area (Å²) in [4.78, 5) is 16.4. The quantitative estimate of drug-likeness (QED) is 0.390. The standard InChI is InChI=1S/C17H14N6/c1-10(18)22-13-3-5-14-12(6-13)8-19-17(23-14)11-2-4-15-16(7-11)21-9-20-15/h2-9H,1H3,(H2,18,22)(H,20,21). The van der Waals surface area contributed by atoms with Gasteiger partial charge in [0, 0.05) is 22.8 Å². The topological polar surface area (TPSA) is 90.3 Å². The monoisotopic (exact) mass is 302 g/mol. The Labute approximate surface area is 132 Å². The molecule has 2 heterocycles. The van der Waals surface area contributed by atoms with Crippen molar-refractivity contribution in [3.05, 3.63) is 48.9 Å². The number of imidazole rings is 1. The van der Waals surface area contributed by atoms with Gasteiger partial charge < -0.3 is 10.3 Å². The van der Waals surface area contributed by atoms with Crippen LogP contribution >= 0.6 is 0 Å². The fourth-order valence-corrected chi connectivity index (χ4v) is 2.54. The van der Waals surface area contributed by atoms with Gasteiger partial charge in [0.2, 0.25) is 0 Å². The summed E-state index contributed by atoms with van der Waals surface area (Å²) >= 11 is 0. The smallest absolute Gasteiger partial charge is 0.159 e. The van der Waals surface area contributed by atoms with Gasteiger partial charge in [-0.25, -0.2) is 15.0 Å².